The Labute approximate surface area is 78.9 Å². The van der Waals surface area contributed by atoms with Crippen LogP contribution in [-0.2, 0) is 14.2 Å². The van der Waals surface area contributed by atoms with Gasteiger partial charge in [-0.05, 0) is 13.8 Å². The van der Waals surface area contributed by atoms with Crippen LogP contribution in [0.15, 0.2) is 0 Å². The largest absolute Gasteiger partial charge is 0.375 e. The summed E-state index contributed by atoms with van der Waals surface area (Å²) in [5.41, 5.74) is 0. The molecule has 0 fully saturated rings. The fourth-order valence-corrected chi connectivity index (χ4v) is 0.666. The first-order valence-electron chi connectivity index (χ1n) is 3.98. The smallest absolute Gasteiger partial charge is 0.146 e. The number of alkyl halides is 1. The molecule has 0 heterocycles. The van der Waals surface area contributed by atoms with E-state index in [-0.39, 0.29) is 12.2 Å². The van der Waals surface area contributed by atoms with Crippen LogP contribution in [0.4, 0.5) is 0 Å². The summed E-state index contributed by atoms with van der Waals surface area (Å²) in [6, 6.07) is 0. The molecular formula is C8H17ClO3. The molecule has 0 aliphatic rings. The van der Waals surface area contributed by atoms with Crippen molar-refractivity contribution in [3.05, 3.63) is 0 Å². The van der Waals surface area contributed by atoms with E-state index in [0.29, 0.717) is 19.3 Å². The molecular weight excluding hydrogens is 180 g/mol. The van der Waals surface area contributed by atoms with Crippen LogP contribution in [0.1, 0.15) is 13.8 Å². The van der Waals surface area contributed by atoms with Crippen LogP contribution in [0.2, 0.25) is 0 Å². The SMILES string of the molecule is COCOC(C)COC(C)CCl. The molecule has 74 valence electrons. The number of halogens is 1. The first-order valence-corrected chi connectivity index (χ1v) is 4.52. The van der Waals surface area contributed by atoms with Crippen molar-refractivity contribution in [2.75, 3.05) is 26.4 Å². The molecule has 0 radical (unpaired) electrons. The van der Waals surface area contributed by atoms with Crippen molar-refractivity contribution in [2.24, 2.45) is 0 Å². The second-order valence-corrected chi connectivity index (χ2v) is 2.99. The molecule has 0 aliphatic carbocycles. The maximum Gasteiger partial charge on any atom is 0.146 e. The maximum absolute atomic E-state index is 5.55. The Morgan fingerprint density at radius 2 is 1.83 bits per heavy atom. The van der Waals surface area contributed by atoms with E-state index in [2.05, 4.69) is 0 Å². The van der Waals surface area contributed by atoms with E-state index in [1.54, 1.807) is 7.11 Å². The lowest BCUT2D eigenvalue weighted by Gasteiger charge is -2.15. The lowest BCUT2D eigenvalue weighted by molar-refractivity contribution is -0.0963. The van der Waals surface area contributed by atoms with E-state index in [1.807, 2.05) is 13.8 Å². The lowest BCUT2D eigenvalue weighted by atomic mass is 10.4. The quantitative estimate of drug-likeness (QED) is 0.458. The highest BCUT2D eigenvalue weighted by Gasteiger charge is 2.05. The third-order valence-electron chi connectivity index (χ3n) is 1.30. The van der Waals surface area contributed by atoms with Gasteiger partial charge in [0.2, 0.25) is 0 Å². The van der Waals surface area contributed by atoms with Crippen LogP contribution in [-0.4, -0.2) is 38.6 Å². The average molecular weight is 197 g/mol. The van der Waals surface area contributed by atoms with E-state index < -0.39 is 0 Å². The highest BCUT2D eigenvalue weighted by atomic mass is 35.5. The molecule has 12 heavy (non-hydrogen) atoms. The van der Waals surface area contributed by atoms with Crippen LogP contribution in [0.25, 0.3) is 0 Å². The van der Waals surface area contributed by atoms with E-state index in [9.17, 15) is 0 Å². The molecule has 3 nitrogen and oxygen atoms in total. The van der Waals surface area contributed by atoms with Crippen molar-refractivity contribution < 1.29 is 14.2 Å². The predicted octanol–water partition coefficient (Wildman–Crippen LogP) is 1.64. The standard InChI is InChI=1S/C8H17ClO3/c1-7(4-9)11-5-8(2)12-6-10-3/h7-8H,4-6H2,1-3H3. The molecule has 0 saturated carbocycles. The van der Waals surface area contributed by atoms with Crippen molar-refractivity contribution in [3.63, 3.8) is 0 Å². The lowest BCUT2D eigenvalue weighted by Crippen LogP contribution is -2.21. The van der Waals surface area contributed by atoms with Crippen LogP contribution in [0.5, 0.6) is 0 Å². The summed E-state index contributed by atoms with van der Waals surface area (Å²) in [4.78, 5) is 0. The van der Waals surface area contributed by atoms with Gasteiger partial charge in [-0.15, -0.1) is 11.6 Å². The summed E-state index contributed by atoms with van der Waals surface area (Å²) in [7, 11) is 1.59. The molecule has 0 amide bonds. The first-order chi connectivity index (χ1) is 5.70. The normalized spacial score (nSPS) is 16.0. The molecule has 0 saturated heterocycles. The summed E-state index contributed by atoms with van der Waals surface area (Å²) in [6.45, 7) is 4.72. The van der Waals surface area contributed by atoms with Crippen molar-refractivity contribution in [1.29, 1.82) is 0 Å². The molecule has 0 spiro atoms. The summed E-state index contributed by atoms with van der Waals surface area (Å²) in [5.74, 6) is 0.511. The molecule has 0 rings (SSSR count). The van der Waals surface area contributed by atoms with Gasteiger partial charge in [-0.25, -0.2) is 0 Å². The minimum absolute atomic E-state index is 0.0515. The van der Waals surface area contributed by atoms with E-state index >= 15 is 0 Å². The Bertz CT molecular complexity index is 100. The molecule has 0 aromatic carbocycles. The molecule has 4 heteroatoms. The molecule has 0 bridgehead atoms. The Morgan fingerprint density at radius 3 is 2.33 bits per heavy atom. The van der Waals surface area contributed by atoms with Gasteiger partial charge in [0.1, 0.15) is 6.79 Å². The molecule has 0 aromatic rings. The van der Waals surface area contributed by atoms with Gasteiger partial charge in [-0.2, -0.15) is 0 Å². The van der Waals surface area contributed by atoms with Crippen molar-refractivity contribution in [2.45, 2.75) is 26.1 Å². The van der Waals surface area contributed by atoms with Crippen molar-refractivity contribution >= 4 is 11.6 Å². The van der Waals surface area contributed by atoms with Crippen LogP contribution in [0, 0.1) is 0 Å². The van der Waals surface area contributed by atoms with Gasteiger partial charge in [-0.1, -0.05) is 0 Å². The van der Waals surface area contributed by atoms with Gasteiger partial charge in [0.05, 0.1) is 18.8 Å². The summed E-state index contributed by atoms with van der Waals surface area (Å²) in [6.07, 6.45) is 0.135. The van der Waals surface area contributed by atoms with Gasteiger partial charge >= 0.3 is 0 Å². The third kappa shape index (κ3) is 6.85. The van der Waals surface area contributed by atoms with Gasteiger partial charge in [-0.3, -0.25) is 0 Å². The fraction of sp³-hybridized carbons (Fsp3) is 1.00. The number of hydrogen-bond donors (Lipinski definition) is 0. The fourth-order valence-electron chi connectivity index (χ4n) is 0.577. The van der Waals surface area contributed by atoms with Crippen molar-refractivity contribution in [1.82, 2.24) is 0 Å². The molecule has 2 atom stereocenters. The molecule has 2 unspecified atom stereocenters. The Morgan fingerprint density at radius 1 is 1.17 bits per heavy atom. The summed E-state index contributed by atoms with van der Waals surface area (Å²) < 4.78 is 15.3. The van der Waals surface area contributed by atoms with Gasteiger partial charge in [0.15, 0.2) is 0 Å². The van der Waals surface area contributed by atoms with Crippen LogP contribution in [0.3, 0.4) is 0 Å². The molecule has 0 aromatic heterocycles. The van der Waals surface area contributed by atoms with Gasteiger partial charge in [0.25, 0.3) is 0 Å². The zero-order chi connectivity index (χ0) is 9.40. The topological polar surface area (TPSA) is 27.7 Å². The number of rotatable bonds is 7. The number of methoxy groups -OCH3 is 1. The average Bonchev–Trinajstić information content (AvgIpc) is 2.10. The molecule has 0 aliphatic heterocycles. The zero-order valence-electron chi connectivity index (χ0n) is 7.88. The Kier molecular flexibility index (Phi) is 7.91. The summed E-state index contributed by atoms with van der Waals surface area (Å²) in [5, 5.41) is 0. The number of hydrogen-bond acceptors (Lipinski definition) is 3. The van der Waals surface area contributed by atoms with Crippen molar-refractivity contribution in [3.8, 4) is 0 Å². The summed E-state index contributed by atoms with van der Waals surface area (Å²) >= 11 is 5.55. The molecule has 0 N–H and O–H groups in total. The maximum atomic E-state index is 5.55. The predicted molar refractivity (Wildman–Crippen MR) is 48.6 cm³/mol. The van der Waals surface area contributed by atoms with Gasteiger partial charge < -0.3 is 14.2 Å². The Balaban J connectivity index is 3.24. The second-order valence-electron chi connectivity index (χ2n) is 2.68. The highest BCUT2D eigenvalue weighted by Crippen LogP contribution is 1.98. The van der Waals surface area contributed by atoms with E-state index in [1.165, 1.54) is 0 Å². The monoisotopic (exact) mass is 196 g/mol. The van der Waals surface area contributed by atoms with Crippen LogP contribution >= 0.6 is 11.6 Å². The van der Waals surface area contributed by atoms with Crippen LogP contribution < -0.4 is 0 Å². The highest BCUT2D eigenvalue weighted by molar-refractivity contribution is 6.18. The number of ether oxygens (including phenoxy) is 3. The minimum Gasteiger partial charge on any atom is -0.375 e. The first kappa shape index (κ1) is 12.2. The van der Waals surface area contributed by atoms with E-state index in [4.69, 9.17) is 25.8 Å². The van der Waals surface area contributed by atoms with E-state index in [0.717, 1.165) is 0 Å². The minimum atomic E-state index is 0.0515. The second kappa shape index (κ2) is 7.80. The third-order valence-corrected chi connectivity index (χ3v) is 1.74. The van der Waals surface area contributed by atoms with Gasteiger partial charge in [0, 0.05) is 13.0 Å². The zero-order valence-corrected chi connectivity index (χ0v) is 8.63. The Hall–Kier alpha value is 0.170.